The maximum Gasteiger partial charge on any atom is 0.224 e. The Morgan fingerprint density at radius 1 is 0.958 bits per heavy atom. The van der Waals surface area contributed by atoms with Gasteiger partial charge in [-0.15, -0.1) is 0 Å². The topological polar surface area (TPSA) is 68.5 Å². The van der Waals surface area contributed by atoms with Crippen LogP contribution in [0, 0.1) is 0 Å². The first-order chi connectivity index (χ1) is 11.9. The standard InChI is InChI=1S/C18H16N6/c1-2-4-16-15(3-1)13-22-24(16)17-8-12-21-18(23-17)20-11-7-14-5-9-19-10-6-14/h1-6,8-10,12-13H,7,11H2,(H,20,21,23). The molecule has 3 heterocycles. The minimum Gasteiger partial charge on any atom is -0.354 e. The summed E-state index contributed by atoms with van der Waals surface area (Å²) in [7, 11) is 0. The average Bonchev–Trinajstić information content (AvgIpc) is 3.07. The molecule has 0 saturated carbocycles. The molecular weight excluding hydrogens is 300 g/mol. The van der Waals surface area contributed by atoms with E-state index in [4.69, 9.17) is 0 Å². The normalized spacial score (nSPS) is 10.8. The van der Waals surface area contributed by atoms with Crippen molar-refractivity contribution in [1.82, 2.24) is 24.7 Å². The highest BCUT2D eigenvalue weighted by Crippen LogP contribution is 2.16. The molecule has 0 aliphatic rings. The minimum atomic E-state index is 0.598. The zero-order valence-electron chi connectivity index (χ0n) is 13.0. The van der Waals surface area contributed by atoms with E-state index in [-0.39, 0.29) is 0 Å². The highest BCUT2D eigenvalue weighted by atomic mass is 15.3. The van der Waals surface area contributed by atoms with Crippen molar-refractivity contribution in [2.75, 3.05) is 11.9 Å². The average molecular weight is 316 g/mol. The molecule has 4 rings (SSSR count). The van der Waals surface area contributed by atoms with Gasteiger partial charge in [0.25, 0.3) is 0 Å². The van der Waals surface area contributed by atoms with Gasteiger partial charge in [0.2, 0.25) is 5.95 Å². The molecule has 0 atom stereocenters. The van der Waals surface area contributed by atoms with E-state index in [1.807, 2.05) is 53.3 Å². The molecule has 0 aliphatic carbocycles. The molecule has 6 heteroatoms. The Bertz CT molecular complexity index is 948. The van der Waals surface area contributed by atoms with Crippen LogP contribution in [-0.2, 0) is 6.42 Å². The monoisotopic (exact) mass is 316 g/mol. The number of rotatable bonds is 5. The summed E-state index contributed by atoms with van der Waals surface area (Å²) >= 11 is 0. The number of nitrogens with one attached hydrogen (secondary N) is 1. The van der Waals surface area contributed by atoms with Crippen molar-refractivity contribution >= 4 is 16.9 Å². The second kappa shape index (κ2) is 6.45. The lowest BCUT2D eigenvalue weighted by atomic mass is 10.2. The molecule has 4 aromatic rings. The van der Waals surface area contributed by atoms with E-state index in [2.05, 4.69) is 25.4 Å². The van der Waals surface area contributed by atoms with E-state index in [1.54, 1.807) is 18.6 Å². The van der Waals surface area contributed by atoms with Gasteiger partial charge in [-0.05, 0) is 30.2 Å². The van der Waals surface area contributed by atoms with Gasteiger partial charge < -0.3 is 5.32 Å². The van der Waals surface area contributed by atoms with Gasteiger partial charge in [0.15, 0.2) is 5.82 Å². The van der Waals surface area contributed by atoms with Crippen molar-refractivity contribution in [3.8, 4) is 5.82 Å². The number of aromatic nitrogens is 5. The number of benzene rings is 1. The van der Waals surface area contributed by atoms with Crippen LogP contribution in [0.15, 0.2) is 67.3 Å². The lowest BCUT2D eigenvalue weighted by Crippen LogP contribution is -2.09. The summed E-state index contributed by atoms with van der Waals surface area (Å²) in [5.41, 5.74) is 2.26. The maximum atomic E-state index is 4.56. The number of nitrogens with zero attached hydrogens (tertiary/aromatic N) is 5. The first-order valence-electron chi connectivity index (χ1n) is 7.79. The van der Waals surface area contributed by atoms with Crippen molar-refractivity contribution in [1.29, 1.82) is 0 Å². The first kappa shape index (κ1) is 14.3. The van der Waals surface area contributed by atoms with Crippen LogP contribution in [0.5, 0.6) is 0 Å². The lowest BCUT2D eigenvalue weighted by Gasteiger charge is -2.07. The number of hydrogen-bond acceptors (Lipinski definition) is 5. The van der Waals surface area contributed by atoms with Crippen LogP contribution >= 0.6 is 0 Å². The third kappa shape index (κ3) is 2.94. The van der Waals surface area contributed by atoms with E-state index < -0.39 is 0 Å². The molecule has 3 aromatic heterocycles. The van der Waals surface area contributed by atoms with Gasteiger partial charge in [-0.25, -0.2) is 9.67 Å². The van der Waals surface area contributed by atoms with Crippen LogP contribution in [0.25, 0.3) is 16.7 Å². The van der Waals surface area contributed by atoms with Crippen molar-refractivity contribution in [2.24, 2.45) is 0 Å². The van der Waals surface area contributed by atoms with Crippen LogP contribution in [0.1, 0.15) is 5.56 Å². The molecule has 1 N–H and O–H groups in total. The number of pyridine rings is 1. The highest BCUT2D eigenvalue weighted by molar-refractivity contribution is 5.79. The number of hydrogen-bond donors (Lipinski definition) is 1. The van der Waals surface area contributed by atoms with Gasteiger partial charge in [0.1, 0.15) is 0 Å². The van der Waals surface area contributed by atoms with Crippen molar-refractivity contribution in [3.05, 3.63) is 72.8 Å². The largest absolute Gasteiger partial charge is 0.354 e. The number of fused-ring (bicyclic) bond motifs is 1. The third-order valence-corrected chi connectivity index (χ3v) is 3.78. The van der Waals surface area contributed by atoms with Crippen LogP contribution in [0.4, 0.5) is 5.95 Å². The summed E-state index contributed by atoms with van der Waals surface area (Å²) in [5.74, 6) is 1.35. The Balaban J connectivity index is 1.51. The van der Waals surface area contributed by atoms with Crippen LogP contribution < -0.4 is 5.32 Å². The molecular formula is C18H16N6. The molecule has 0 bridgehead atoms. The second-order valence-corrected chi connectivity index (χ2v) is 5.39. The molecule has 0 fully saturated rings. The Hall–Kier alpha value is -3.28. The molecule has 0 amide bonds. The van der Waals surface area contributed by atoms with Crippen LogP contribution in [-0.4, -0.2) is 31.3 Å². The van der Waals surface area contributed by atoms with E-state index in [0.29, 0.717) is 5.95 Å². The van der Waals surface area contributed by atoms with E-state index in [0.717, 1.165) is 29.7 Å². The summed E-state index contributed by atoms with van der Waals surface area (Å²) in [6.07, 6.45) is 8.08. The molecule has 0 radical (unpaired) electrons. The van der Waals surface area contributed by atoms with E-state index >= 15 is 0 Å². The highest BCUT2D eigenvalue weighted by Gasteiger charge is 2.06. The molecule has 0 spiro atoms. The molecule has 0 unspecified atom stereocenters. The molecule has 24 heavy (non-hydrogen) atoms. The van der Waals surface area contributed by atoms with Gasteiger partial charge >= 0.3 is 0 Å². The minimum absolute atomic E-state index is 0.598. The fourth-order valence-corrected chi connectivity index (χ4v) is 2.57. The SMILES string of the molecule is c1ccc2c(c1)cnn2-c1ccnc(NCCc2ccncc2)n1. The first-order valence-corrected chi connectivity index (χ1v) is 7.79. The molecule has 6 nitrogen and oxygen atoms in total. The second-order valence-electron chi connectivity index (χ2n) is 5.39. The Kier molecular flexibility index (Phi) is 3.85. The van der Waals surface area contributed by atoms with Gasteiger partial charge in [0.05, 0.1) is 11.7 Å². The Morgan fingerprint density at radius 3 is 2.75 bits per heavy atom. The summed E-state index contributed by atoms with van der Waals surface area (Å²) in [6.45, 7) is 0.757. The van der Waals surface area contributed by atoms with Crippen molar-refractivity contribution in [3.63, 3.8) is 0 Å². The fraction of sp³-hybridized carbons (Fsp3) is 0.111. The number of anilines is 1. The van der Waals surface area contributed by atoms with Crippen molar-refractivity contribution < 1.29 is 0 Å². The third-order valence-electron chi connectivity index (χ3n) is 3.78. The van der Waals surface area contributed by atoms with Crippen molar-refractivity contribution in [2.45, 2.75) is 6.42 Å². The fourth-order valence-electron chi connectivity index (χ4n) is 2.57. The quantitative estimate of drug-likeness (QED) is 0.613. The van der Waals surface area contributed by atoms with Gasteiger partial charge in [-0.3, -0.25) is 4.98 Å². The number of para-hydroxylation sites is 1. The zero-order chi connectivity index (χ0) is 16.2. The molecule has 118 valence electrons. The van der Waals surface area contributed by atoms with E-state index in [1.165, 1.54) is 5.56 Å². The van der Waals surface area contributed by atoms with Crippen LogP contribution in [0.2, 0.25) is 0 Å². The smallest absolute Gasteiger partial charge is 0.224 e. The van der Waals surface area contributed by atoms with Gasteiger partial charge in [-0.1, -0.05) is 18.2 Å². The molecule has 1 aromatic carbocycles. The summed E-state index contributed by atoms with van der Waals surface area (Å²) in [6, 6.07) is 13.9. The Morgan fingerprint density at radius 2 is 1.83 bits per heavy atom. The lowest BCUT2D eigenvalue weighted by molar-refractivity contribution is 0.862. The predicted molar refractivity (Wildman–Crippen MR) is 93.1 cm³/mol. The van der Waals surface area contributed by atoms with E-state index in [9.17, 15) is 0 Å². The summed E-state index contributed by atoms with van der Waals surface area (Å²) in [4.78, 5) is 12.9. The zero-order valence-corrected chi connectivity index (χ0v) is 13.0. The van der Waals surface area contributed by atoms with Gasteiger partial charge in [0, 0.05) is 36.6 Å². The molecule has 0 saturated heterocycles. The van der Waals surface area contributed by atoms with Gasteiger partial charge in [-0.2, -0.15) is 10.1 Å². The summed E-state index contributed by atoms with van der Waals surface area (Å²) in [5, 5.41) is 8.77. The molecule has 0 aliphatic heterocycles. The Labute approximate surface area is 139 Å². The maximum absolute atomic E-state index is 4.56. The predicted octanol–water partition coefficient (Wildman–Crippen LogP) is 2.87. The van der Waals surface area contributed by atoms with Crippen LogP contribution in [0.3, 0.4) is 0 Å². The summed E-state index contributed by atoms with van der Waals surface area (Å²) < 4.78 is 1.82.